The molecule has 1 atom stereocenters. The Labute approximate surface area is 137 Å². The first-order chi connectivity index (χ1) is 11.1. The van der Waals surface area contributed by atoms with E-state index >= 15 is 0 Å². The molecule has 1 unspecified atom stereocenters. The van der Waals surface area contributed by atoms with Crippen LogP contribution in [-0.2, 0) is 5.41 Å². The van der Waals surface area contributed by atoms with Crippen molar-refractivity contribution in [2.45, 2.75) is 49.9 Å². The topological polar surface area (TPSA) is 25.0 Å². The Morgan fingerprint density at radius 3 is 2.43 bits per heavy atom. The van der Waals surface area contributed by atoms with Crippen molar-refractivity contribution in [1.82, 2.24) is 4.98 Å². The van der Waals surface area contributed by atoms with Crippen molar-refractivity contribution in [3.8, 4) is 5.75 Å². The Morgan fingerprint density at radius 2 is 1.78 bits per heavy atom. The third kappa shape index (κ3) is 2.15. The summed E-state index contributed by atoms with van der Waals surface area (Å²) < 4.78 is 5.31. The minimum Gasteiger partial charge on any atom is -0.497 e. The quantitative estimate of drug-likeness (QED) is 0.901. The van der Waals surface area contributed by atoms with Gasteiger partial charge in [-0.2, -0.15) is 0 Å². The number of rotatable bonds is 2. The van der Waals surface area contributed by atoms with Gasteiger partial charge in [-0.3, -0.25) is 0 Å². The highest BCUT2D eigenvalue weighted by Gasteiger charge is 2.46. The molecule has 2 aromatic rings. The number of fused-ring (bicyclic) bond motifs is 2. The van der Waals surface area contributed by atoms with Crippen molar-refractivity contribution in [1.29, 1.82) is 0 Å². The summed E-state index contributed by atoms with van der Waals surface area (Å²) in [7, 11) is 1.72. The molecule has 0 amide bonds. The van der Waals surface area contributed by atoms with Gasteiger partial charge in [0.15, 0.2) is 0 Å². The van der Waals surface area contributed by atoms with Crippen LogP contribution in [0.1, 0.15) is 61.3 Å². The van der Waals surface area contributed by atoms with Crippen molar-refractivity contribution in [3.05, 3.63) is 51.7 Å². The summed E-state index contributed by atoms with van der Waals surface area (Å²) in [6.45, 7) is 8.52. The third-order valence-electron chi connectivity index (χ3n) is 6.02. The van der Waals surface area contributed by atoms with Gasteiger partial charge in [0, 0.05) is 17.0 Å². The molecular weight excluding hydrogens is 282 g/mol. The predicted octanol–water partition coefficient (Wildman–Crippen LogP) is 3.58. The molecule has 1 aromatic heterocycles. The first-order valence-corrected chi connectivity index (χ1v) is 8.69. The Bertz CT molecular complexity index is 809. The summed E-state index contributed by atoms with van der Waals surface area (Å²) in [4.78, 5) is 3.57. The number of hydrogen-bond acceptors (Lipinski definition) is 1. The zero-order valence-corrected chi connectivity index (χ0v) is 14.0. The lowest BCUT2D eigenvalue weighted by atomic mass is 9.69. The average molecular weight is 307 g/mol. The zero-order chi connectivity index (χ0) is 16.0. The molecule has 0 radical (unpaired) electrons. The predicted molar refractivity (Wildman–Crippen MR) is 95.3 cm³/mol. The summed E-state index contributed by atoms with van der Waals surface area (Å²) in [6, 6.07) is 8.56. The van der Waals surface area contributed by atoms with Crippen molar-refractivity contribution in [3.63, 3.8) is 0 Å². The molecule has 2 heteroatoms. The fraction of sp³-hybridized carbons (Fsp3) is 0.429. The molecule has 1 heterocycles. The molecule has 0 saturated heterocycles. The van der Waals surface area contributed by atoms with Gasteiger partial charge < -0.3 is 9.72 Å². The first kappa shape index (κ1) is 14.6. The van der Waals surface area contributed by atoms with Crippen LogP contribution in [0.5, 0.6) is 5.75 Å². The number of hydrogen-bond donors (Lipinski definition) is 1. The monoisotopic (exact) mass is 307 g/mol. The van der Waals surface area contributed by atoms with Gasteiger partial charge in [0.25, 0.3) is 0 Å². The van der Waals surface area contributed by atoms with Gasteiger partial charge in [0.05, 0.1) is 7.11 Å². The van der Waals surface area contributed by atoms with E-state index in [0.29, 0.717) is 11.3 Å². The minimum absolute atomic E-state index is 0.321. The molecule has 0 bridgehead atoms. The van der Waals surface area contributed by atoms with E-state index in [0.717, 1.165) is 16.3 Å². The average Bonchev–Trinajstić information content (AvgIpc) is 3.05. The highest BCUT2D eigenvalue weighted by Crippen LogP contribution is 2.53. The molecule has 0 aliphatic heterocycles. The van der Waals surface area contributed by atoms with E-state index in [-0.39, 0.29) is 0 Å². The molecule has 2 aliphatic rings. The van der Waals surface area contributed by atoms with Crippen molar-refractivity contribution >= 4 is 13.2 Å². The Balaban J connectivity index is 1.82. The van der Waals surface area contributed by atoms with Crippen LogP contribution in [0.2, 0.25) is 0 Å². The fourth-order valence-electron chi connectivity index (χ4n) is 4.88. The van der Waals surface area contributed by atoms with E-state index in [9.17, 15) is 0 Å². The Morgan fingerprint density at radius 1 is 1.09 bits per heavy atom. The van der Waals surface area contributed by atoms with Gasteiger partial charge in [0.2, 0.25) is 0 Å². The van der Waals surface area contributed by atoms with Crippen LogP contribution < -0.4 is 15.3 Å². The van der Waals surface area contributed by atoms with E-state index in [1.165, 1.54) is 55.3 Å². The normalized spacial score (nSPS) is 22.2. The van der Waals surface area contributed by atoms with Gasteiger partial charge in [-0.1, -0.05) is 44.6 Å². The summed E-state index contributed by atoms with van der Waals surface area (Å²) >= 11 is 0. The maximum Gasteiger partial charge on any atom is 0.118 e. The van der Waals surface area contributed by atoms with Crippen LogP contribution in [0.25, 0.3) is 13.2 Å². The van der Waals surface area contributed by atoms with Crippen molar-refractivity contribution in [2.75, 3.05) is 7.11 Å². The summed E-state index contributed by atoms with van der Waals surface area (Å²) in [5, 5.41) is 2.15. The van der Waals surface area contributed by atoms with Crippen LogP contribution in [0, 0.1) is 0 Å². The Kier molecular flexibility index (Phi) is 3.37. The van der Waals surface area contributed by atoms with Crippen LogP contribution >= 0.6 is 0 Å². The second-order valence-corrected chi connectivity index (χ2v) is 7.24. The molecule has 1 spiro atoms. The first-order valence-electron chi connectivity index (χ1n) is 8.69. The maximum atomic E-state index is 5.31. The van der Waals surface area contributed by atoms with Crippen molar-refractivity contribution in [2.24, 2.45) is 0 Å². The summed E-state index contributed by atoms with van der Waals surface area (Å²) in [6.07, 6.45) is 7.86. The third-order valence-corrected chi connectivity index (χ3v) is 6.02. The van der Waals surface area contributed by atoms with E-state index in [2.05, 4.69) is 42.4 Å². The SMILES string of the molecule is C=c1[nH]c2c(c1=C)C1(CCCCC1)CC2c1ccc(OC)cc1. The number of aromatic nitrogens is 1. The smallest absolute Gasteiger partial charge is 0.118 e. The largest absolute Gasteiger partial charge is 0.497 e. The second kappa shape index (κ2) is 5.30. The number of nitrogens with one attached hydrogen (secondary N) is 1. The van der Waals surface area contributed by atoms with E-state index in [4.69, 9.17) is 4.74 Å². The van der Waals surface area contributed by atoms with Crippen molar-refractivity contribution < 1.29 is 4.74 Å². The molecule has 1 fully saturated rings. The zero-order valence-electron chi connectivity index (χ0n) is 14.0. The fourth-order valence-corrected chi connectivity index (χ4v) is 4.88. The van der Waals surface area contributed by atoms with Crippen LogP contribution in [0.15, 0.2) is 24.3 Å². The second-order valence-electron chi connectivity index (χ2n) is 7.24. The maximum absolute atomic E-state index is 5.31. The number of aromatic amines is 1. The lowest BCUT2D eigenvalue weighted by Crippen LogP contribution is -2.34. The van der Waals surface area contributed by atoms with Crippen LogP contribution in [-0.4, -0.2) is 12.1 Å². The number of benzene rings is 1. The molecule has 1 saturated carbocycles. The molecule has 2 nitrogen and oxygen atoms in total. The van der Waals surface area contributed by atoms with E-state index in [1.54, 1.807) is 7.11 Å². The van der Waals surface area contributed by atoms with Gasteiger partial charge in [-0.25, -0.2) is 0 Å². The van der Waals surface area contributed by atoms with Gasteiger partial charge in [0.1, 0.15) is 5.75 Å². The van der Waals surface area contributed by atoms with Gasteiger partial charge in [-0.15, -0.1) is 0 Å². The number of H-pyrrole nitrogens is 1. The molecule has 120 valence electrons. The minimum atomic E-state index is 0.321. The molecule has 2 aliphatic carbocycles. The Hall–Kier alpha value is -1.96. The van der Waals surface area contributed by atoms with Gasteiger partial charge >= 0.3 is 0 Å². The van der Waals surface area contributed by atoms with Crippen LogP contribution in [0.3, 0.4) is 0 Å². The van der Waals surface area contributed by atoms with E-state index in [1.807, 2.05) is 0 Å². The number of methoxy groups -OCH3 is 1. The highest BCUT2D eigenvalue weighted by molar-refractivity contribution is 5.48. The summed E-state index contributed by atoms with van der Waals surface area (Å²) in [5.74, 6) is 1.35. The lowest BCUT2D eigenvalue weighted by molar-refractivity contribution is 0.284. The molecule has 23 heavy (non-hydrogen) atoms. The van der Waals surface area contributed by atoms with E-state index < -0.39 is 0 Å². The van der Waals surface area contributed by atoms with Crippen LogP contribution in [0.4, 0.5) is 0 Å². The molecule has 1 N–H and O–H groups in total. The molecular formula is C21H25NO. The standard InChI is InChI=1S/C21H25NO/c1-14-15(2)22-20-18(16-7-9-17(23-3)10-8-16)13-21(19(14)20)11-5-4-6-12-21/h7-10,18,22H,1-2,4-6,11-13H2,3H3. The number of ether oxygens (including phenoxy) is 1. The lowest BCUT2D eigenvalue weighted by Gasteiger charge is -2.34. The highest BCUT2D eigenvalue weighted by atomic mass is 16.5. The van der Waals surface area contributed by atoms with Gasteiger partial charge in [-0.05, 0) is 53.2 Å². The molecule has 4 rings (SSSR count). The molecule has 1 aromatic carbocycles. The summed E-state index contributed by atoms with van der Waals surface area (Å²) in [5.41, 5.74) is 4.55.